The van der Waals surface area contributed by atoms with Gasteiger partial charge in [0, 0.05) is 24.3 Å². The number of aryl methyl sites for hydroxylation is 1. The Morgan fingerprint density at radius 2 is 2.15 bits per heavy atom. The van der Waals surface area contributed by atoms with E-state index in [-0.39, 0.29) is 0 Å². The lowest BCUT2D eigenvalue weighted by molar-refractivity contribution is 1.05. The van der Waals surface area contributed by atoms with Crippen LogP contribution in [0.4, 0.5) is 0 Å². The lowest BCUT2D eigenvalue weighted by Gasteiger charge is -2.04. The summed E-state index contributed by atoms with van der Waals surface area (Å²) in [7, 11) is 0. The largest absolute Gasteiger partial charge is 0.326 e. The number of fused-ring (bicyclic) bond motifs is 1. The maximum Gasteiger partial charge on any atom is 0.0346 e. The molecule has 1 aromatic carbocycles. The van der Waals surface area contributed by atoms with Crippen molar-refractivity contribution in [2.45, 2.75) is 13.5 Å². The van der Waals surface area contributed by atoms with Gasteiger partial charge in [0.15, 0.2) is 0 Å². The summed E-state index contributed by atoms with van der Waals surface area (Å²) in [6, 6.07) is 6.27. The van der Waals surface area contributed by atoms with E-state index in [9.17, 15) is 0 Å². The third-order valence-electron chi connectivity index (χ3n) is 2.32. The zero-order chi connectivity index (χ0) is 9.26. The molecule has 0 saturated carbocycles. The number of aromatic nitrogens is 1. The SMILES string of the molecule is Cc1cc2cnccc2cc1CN. The smallest absolute Gasteiger partial charge is 0.0346 e. The molecule has 0 bridgehead atoms. The molecule has 0 saturated heterocycles. The Bertz CT molecular complexity index is 435. The minimum Gasteiger partial charge on any atom is -0.326 e. The molecule has 2 rings (SSSR count). The van der Waals surface area contributed by atoms with E-state index >= 15 is 0 Å². The Labute approximate surface area is 77.4 Å². The third-order valence-corrected chi connectivity index (χ3v) is 2.32. The highest BCUT2D eigenvalue weighted by molar-refractivity contribution is 5.83. The molecule has 66 valence electrons. The van der Waals surface area contributed by atoms with Crippen LogP contribution in [0.25, 0.3) is 10.8 Å². The van der Waals surface area contributed by atoms with Crippen LogP contribution in [-0.4, -0.2) is 4.98 Å². The Balaban J connectivity index is 2.74. The van der Waals surface area contributed by atoms with Gasteiger partial charge in [-0.25, -0.2) is 0 Å². The molecule has 1 heterocycles. The Hall–Kier alpha value is -1.41. The third kappa shape index (κ3) is 1.40. The van der Waals surface area contributed by atoms with E-state index in [1.807, 2.05) is 12.3 Å². The molecule has 2 aromatic rings. The quantitative estimate of drug-likeness (QED) is 0.714. The summed E-state index contributed by atoms with van der Waals surface area (Å²) in [5.41, 5.74) is 8.07. The van der Waals surface area contributed by atoms with Crippen LogP contribution in [-0.2, 0) is 6.54 Å². The van der Waals surface area contributed by atoms with E-state index in [0.29, 0.717) is 6.54 Å². The molecule has 0 amide bonds. The summed E-state index contributed by atoms with van der Waals surface area (Å²) in [6.45, 7) is 2.68. The Kier molecular flexibility index (Phi) is 1.99. The van der Waals surface area contributed by atoms with Crippen molar-refractivity contribution in [3.63, 3.8) is 0 Å². The summed E-state index contributed by atoms with van der Waals surface area (Å²) in [4.78, 5) is 4.08. The van der Waals surface area contributed by atoms with Gasteiger partial charge in [-0.15, -0.1) is 0 Å². The van der Waals surface area contributed by atoms with Crippen LogP contribution in [0.3, 0.4) is 0 Å². The zero-order valence-electron chi connectivity index (χ0n) is 7.62. The number of nitrogens with zero attached hydrogens (tertiary/aromatic N) is 1. The van der Waals surface area contributed by atoms with Crippen LogP contribution in [0.2, 0.25) is 0 Å². The highest BCUT2D eigenvalue weighted by Crippen LogP contribution is 2.17. The monoisotopic (exact) mass is 172 g/mol. The number of pyridine rings is 1. The number of benzene rings is 1. The molecule has 0 aliphatic carbocycles. The second-order valence-corrected chi connectivity index (χ2v) is 3.21. The van der Waals surface area contributed by atoms with Gasteiger partial charge in [0.25, 0.3) is 0 Å². The maximum absolute atomic E-state index is 5.63. The molecule has 2 nitrogen and oxygen atoms in total. The zero-order valence-corrected chi connectivity index (χ0v) is 7.62. The van der Waals surface area contributed by atoms with E-state index in [1.165, 1.54) is 21.9 Å². The first-order valence-corrected chi connectivity index (χ1v) is 4.34. The van der Waals surface area contributed by atoms with E-state index < -0.39 is 0 Å². The van der Waals surface area contributed by atoms with Crippen molar-refractivity contribution in [2.75, 3.05) is 0 Å². The first-order valence-electron chi connectivity index (χ1n) is 4.34. The van der Waals surface area contributed by atoms with Crippen molar-refractivity contribution < 1.29 is 0 Å². The average Bonchev–Trinajstić information content (AvgIpc) is 2.17. The lowest BCUT2D eigenvalue weighted by Crippen LogP contribution is -1.98. The van der Waals surface area contributed by atoms with E-state index in [4.69, 9.17) is 5.73 Å². The van der Waals surface area contributed by atoms with Gasteiger partial charge in [0.2, 0.25) is 0 Å². The average molecular weight is 172 g/mol. The van der Waals surface area contributed by atoms with E-state index in [1.54, 1.807) is 6.20 Å². The second kappa shape index (κ2) is 3.15. The van der Waals surface area contributed by atoms with Crippen LogP contribution in [0.1, 0.15) is 11.1 Å². The highest BCUT2D eigenvalue weighted by Gasteiger charge is 1.98. The molecule has 13 heavy (non-hydrogen) atoms. The molecular formula is C11H12N2. The number of hydrogen-bond acceptors (Lipinski definition) is 2. The molecule has 0 atom stereocenters. The van der Waals surface area contributed by atoms with Gasteiger partial charge in [0.1, 0.15) is 0 Å². The van der Waals surface area contributed by atoms with Gasteiger partial charge in [-0.2, -0.15) is 0 Å². The second-order valence-electron chi connectivity index (χ2n) is 3.21. The fourth-order valence-electron chi connectivity index (χ4n) is 1.52. The first-order chi connectivity index (χ1) is 6.31. The fraction of sp³-hybridized carbons (Fsp3) is 0.182. The molecule has 2 N–H and O–H groups in total. The van der Waals surface area contributed by atoms with Crippen molar-refractivity contribution in [1.29, 1.82) is 0 Å². The highest BCUT2D eigenvalue weighted by atomic mass is 14.6. The number of hydrogen-bond donors (Lipinski definition) is 1. The van der Waals surface area contributed by atoms with Gasteiger partial charge in [-0.3, -0.25) is 4.98 Å². The van der Waals surface area contributed by atoms with Crippen LogP contribution in [0.5, 0.6) is 0 Å². The Morgan fingerprint density at radius 3 is 2.92 bits per heavy atom. The number of rotatable bonds is 1. The summed E-state index contributed by atoms with van der Waals surface area (Å²) in [5, 5.41) is 2.39. The molecule has 0 fully saturated rings. The van der Waals surface area contributed by atoms with E-state index in [0.717, 1.165) is 0 Å². The predicted molar refractivity (Wildman–Crippen MR) is 54.4 cm³/mol. The first kappa shape index (κ1) is 8.20. The maximum atomic E-state index is 5.63. The van der Waals surface area contributed by atoms with Gasteiger partial charge in [-0.05, 0) is 41.6 Å². The molecule has 0 unspecified atom stereocenters. The van der Waals surface area contributed by atoms with Gasteiger partial charge in [0.05, 0.1) is 0 Å². The molecule has 2 heteroatoms. The van der Waals surface area contributed by atoms with Gasteiger partial charge >= 0.3 is 0 Å². The fourth-order valence-corrected chi connectivity index (χ4v) is 1.52. The van der Waals surface area contributed by atoms with E-state index in [2.05, 4.69) is 24.0 Å². The van der Waals surface area contributed by atoms with Crippen molar-refractivity contribution in [3.05, 3.63) is 41.7 Å². The number of nitrogens with two attached hydrogens (primary N) is 1. The van der Waals surface area contributed by atoms with Crippen LogP contribution >= 0.6 is 0 Å². The summed E-state index contributed by atoms with van der Waals surface area (Å²) >= 11 is 0. The standard InChI is InChI=1S/C11H12N2/c1-8-4-11-7-13-3-2-9(11)5-10(8)6-12/h2-5,7H,6,12H2,1H3. The molecule has 1 aromatic heterocycles. The molecule has 0 aliphatic rings. The molecule has 0 aliphatic heterocycles. The molecule has 0 spiro atoms. The van der Waals surface area contributed by atoms with Crippen LogP contribution in [0, 0.1) is 6.92 Å². The van der Waals surface area contributed by atoms with Crippen molar-refractivity contribution in [2.24, 2.45) is 5.73 Å². The van der Waals surface area contributed by atoms with Crippen molar-refractivity contribution >= 4 is 10.8 Å². The Morgan fingerprint density at radius 1 is 1.31 bits per heavy atom. The van der Waals surface area contributed by atoms with Gasteiger partial charge in [-0.1, -0.05) is 0 Å². The molecule has 0 radical (unpaired) electrons. The van der Waals surface area contributed by atoms with Crippen LogP contribution < -0.4 is 5.73 Å². The topological polar surface area (TPSA) is 38.9 Å². The predicted octanol–water partition coefficient (Wildman–Crippen LogP) is 2.00. The van der Waals surface area contributed by atoms with Crippen LogP contribution in [0.15, 0.2) is 30.6 Å². The van der Waals surface area contributed by atoms with Gasteiger partial charge < -0.3 is 5.73 Å². The van der Waals surface area contributed by atoms with Crippen molar-refractivity contribution in [3.8, 4) is 0 Å². The van der Waals surface area contributed by atoms with Crippen molar-refractivity contribution in [1.82, 2.24) is 4.98 Å². The normalized spacial score (nSPS) is 10.6. The summed E-state index contributed by atoms with van der Waals surface area (Å²) in [6.07, 6.45) is 3.68. The minimum atomic E-state index is 0.601. The molecular weight excluding hydrogens is 160 g/mol. The lowest BCUT2D eigenvalue weighted by atomic mass is 10.0. The summed E-state index contributed by atoms with van der Waals surface area (Å²) < 4.78 is 0. The minimum absolute atomic E-state index is 0.601. The summed E-state index contributed by atoms with van der Waals surface area (Å²) in [5.74, 6) is 0.